The first-order valence-corrected chi connectivity index (χ1v) is 8.28. The van der Waals surface area contributed by atoms with Gasteiger partial charge in [-0.1, -0.05) is 27.7 Å². The van der Waals surface area contributed by atoms with Gasteiger partial charge in [0.15, 0.2) is 0 Å². The molecule has 21 heavy (non-hydrogen) atoms. The van der Waals surface area contributed by atoms with Crippen LogP contribution in [0, 0.1) is 11.3 Å². The molecule has 3 atom stereocenters. The molecule has 0 aromatic rings. The predicted octanol–water partition coefficient (Wildman–Crippen LogP) is 3.45. The Morgan fingerprint density at radius 2 is 2.10 bits per heavy atom. The molecule has 0 saturated heterocycles. The van der Waals surface area contributed by atoms with E-state index in [1.807, 2.05) is 6.92 Å². The summed E-state index contributed by atoms with van der Waals surface area (Å²) in [5.74, 6) is -0.111. The Bertz CT molecular complexity index is 343. The van der Waals surface area contributed by atoms with Crippen molar-refractivity contribution in [3.63, 3.8) is 0 Å². The van der Waals surface area contributed by atoms with Crippen LogP contribution in [0.1, 0.15) is 66.7 Å². The van der Waals surface area contributed by atoms with Crippen molar-refractivity contribution >= 4 is 5.97 Å². The van der Waals surface area contributed by atoms with E-state index in [0.717, 1.165) is 25.8 Å². The Morgan fingerprint density at radius 1 is 1.43 bits per heavy atom. The van der Waals surface area contributed by atoms with Crippen LogP contribution in [-0.4, -0.2) is 35.9 Å². The molecule has 3 unspecified atom stereocenters. The molecule has 0 heterocycles. The van der Waals surface area contributed by atoms with E-state index < -0.39 is 11.5 Å². The van der Waals surface area contributed by atoms with E-state index in [9.17, 15) is 9.90 Å². The topological polar surface area (TPSA) is 58.6 Å². The number of carboxylic acid groups (broad SMARTS) is 1. The fourth-order valence-electron chi connectivity index (χ4n) is 3.49. The fourth-order valence-corrected chi connectivity index (χ4v) is 3.49. The van der Waals surface area contributed by atoms with E-state index in [0.29, 0.717) is 24.4 Å². The molecule has 0 radical (unpaired) electrons. The lowest BCUT2D eigenvalue weighted by Gasteiger charge is -2.39. The van der Waals surface area contributed by atoms with Gasteiger partial charge in [0.1, 0.15) is 5.54 Å². The number of ether oxygens (including phenoxy) is 1. The number of carboxylic acids is 1. The number of rotatable bonds is 8. The third-order valence-corrected chi connectivity index (χ3v) is 4.54. The minimum atomic E-state index is -0.883. The highest BCUT2D eigenvalue weighted by atomic mass is 16.5. The minimum absolute atomic E-state index is 0.271. The van der Waals surface area contributed by atoms with Crippen molar-refractivity contribution in [1.29, 1.82) is 0 Å². The first kappa shape index (κ1) is 18.4. The Hall–Kier alpha value is -0.610. The molecule has 0 bridgehead atoms. The minimum Gasteiger partial charge on any atom is -0.480 e. The van der Waals surface area contributed by atoms with Gasteiger partial charge in [0.2, 0.25) is 0 Å². The molecule has 0 aromatic carbocycles. The maximum atomic E-state index is 11.4. The summed E-state index contributed by atoms with van der Waals surface area (Å²) in [5.41, 5.74) is -0.551. The molecule has 4 heteroatoms. The molecule has 1 fully saturated rings. The summed E-state index contributed by atoms with van der Waals surface area (Å²) < 4.78 is 6.01. The molecule has 4 nitrogen and oxygen atoms in total. The van der Waals surface area contributed by atoms with E-state index in [1.165, 1.54) is 6.42 Å². The van der Waals surface area contributed by atoms with Gasteiger partial charge in [0.05, 0.1) is 6.10 Å². The van der Waals surface area contributed by atoms with Crippen molar-refractivity contribution in [3.05, 3.63) is 0 Å². The third kappa shape index (κ3) is 5.95. The summed E-state index contributed by atoms with van der Waals surface area (Å²) in [5, 5.41) is 12.5. The van der Waals surface area contributed by atoms with Crippen LogP contribution in [-0.2, 0) is 9.53 Å². The van der Waals surface area contributed by atoms with Gasteiger partial charge in [-0.25, -0.2) is 0 Å². The molecule has 1 saturated carbocycles. The summed E-state index contributed by atoms with van der Waals surface area (Å²) in [6.07, 6.45) is 5.12. The van der Waals surface area contributed by atoms with Crippen LogP contribution in [0.5, 0.6) is 0 Å². The number of hydrogen-bond donors (Lipinski definition) is 2. The molecule has 124 valence electrons. The van der Waals surface area contributed by atoms with E-state index in [2.05, 4.69) is 26.1 Å². The zero-order chi connectivity index (χ0) is 16.1. The van der Waals surface area contributed by atoms with Gasteiger partial charge in [-0.2, -0.15) is 0 Å². The van der Waals surface area contributed by atoms with Gasteiger partial charge < -0.3 is 15.2 Å². The average molecular weight is 299 g/mol. The monoisotopic (exact) mass is 299 g/mol. The van der Waals surface area contributed by atoms with Crippen molar-refractivity contribution in [2.45, 2.75) is 78.4 Å². The van der Waals surface area contributed by atoms with Crippen LogP contribution in [0.3, 0.4) is 0 Å². The van der Waals surface area contributed by atoms with Gasteiger partial charge in [-0.05, 0) is 56.9 Å². The Labute approximate surface area is 129 Å². The smallest absolute Gasteiger partial charge is 0.323 e. The lowest BCUT2D eigenvalue weighted by atomic mass is 9.71. The molecule has 0 aliphatic heterocycles. The maximum absolute atomic E-state index is 11.4. The zero-order valence-corrected chi connectivity index (χ0v) is 14.4. The van der Waals surface area contributed by atoms with Crippen LogP contribution < -0.4 is 5.32 Å². The summed E-state index contributed by atoms with van der Waals surface area (Å²) >= 11 is 0. The van der Waals surface area contributed by atoms with Crippen LogP contribution in [0.4, 0.5) is 0 Å². The largest absolute Gasteiger partial charge is 0.480 e. The second kappa shape index (κ2) is 7.59. The molecule has 0 aromatic heterocycles. The molecular weight excluding hydrogens is 266 g/mol. The van der Waals surface area contributed by atoms with Gasteiger partial charge in [-0.3, -0.25) is 4.79 Å². The van der Waals surface area contributed by atoms with Crippen molar-refractivity contribution in [1.82, 2.24) is 5.32 Å². The van der Waals surface area contributed by atoms with Crippen LogP contribution in [0.15, 0.2) is 0 Å². The van der Waals surface area contributed by atoms with Crippen LogP contribution in [0.2, 0.25) is 0 Å². The summed E-state index contributed by atoms with van der Waals surface area (Å²) in [6, 6.07) is 0. The van der Waals surface area contributed by atoms with Gasteiger partial charge >= 0.3 is 5.97 Å². The average Bonchev–Trinajstić information content (AvgIpc) is 2.33. The quantitative estimate of drug-likeness (QED) is 0.720. The van der Waals surface area contributed by atoms with Gasteiger partial charge in [-0.15, -0.1) is 0 Å². The molecule has 1 aliphatic carbocycles. The van der Waals surface area contributed by atoms with Crippen molar-refractivity contribution < 1.29 is 14.6 Å². The van der Waals surface area contributed by atoms with Gasteiger partial charge in [0.25, 0.3) is 0 Å². The number of aliphatic carboxylic acids is 1. The van der Waals surface area contributed by atoms with Crippen molar-refractivity contribution in [3.8, 4) is 0 Å². The molecule has 0 spiro atoms. The van der Waals surface area contributed by atoms with Crippen LogP contribution in [0.25, 0.3) is 0 Å². The van der Waals surface area contributed by atoms with E-state index >= 15 is 0 Å². The number of hydrogen-bond acceptors (Lipinski definition) is 3. The highest BCUT2D eigenvalue weighted by Crippen LogP contribution is 2.39. The summed E-state index contributed by atoms with van der Waals surface area (Å²) in [7, 11) is 0. The third-order valence-electron chi connectivity index (χ3n) is 4.54. The number of carbonyl (C=O) groups is 1. The molecular formula is C17H33NO3. The predicted molar refractivity (Wildman–Crippen MR) is 85.5 cm³/mol. The second-order valence-corrected chi connectivity index (χ2v) is 7.72. The lowest BCUT2D eigenvalue weighted by molar-refractivity contribution is -0.145. The number of nitrogens with one attached hydrogen (secondary N) is 1. The molecule has 2 N–H and O–H groups in total. The Kier molecular flexibility index (Phi) is 6.67. The normalized spacial score (nSPS) is 28.0. The van der Waals surface area contributed by atoms with E-state index in [1.54, 1.807) is 6.92 Å². The van der Waals surface area contributed by atoms with E-state index in [4.69, 9.17) is 4.74 Å². The van der Waals surface area contributed by atoms with Crippen molar-refractivity contribution in [2.24, 2.45) is 11.3 Å². The second-order valence-electron chi connectivity index (χ2n) is 7.72. The lowest BCUT2D eigenvalue weighted by Crippen LogP contribution is -2.50. The molecule has 1 aliphatic rings. The first-order chi connectivity index (χ1) is 9.68. The van der Waals surface area contributed by atoms with Crippen molar-refractivity contribution in [2.75, 3.05) is 13.2 Å². The SMILES string of the molecule is CCCNC(C)(CCOC1CC(C)CC(C)(C)C1)C(=O)O. The summed E-state index contributed by atoms with van der Waals surface area (Å²) in [6.45, 7) is 11.9. The highest BCUT2D eigenvalue weighted by molar-refractivity contribution is 5.78. The van der Waals surface area contributed by atoms with Crippen LogP contribution >= 0.6 is 0 Å². The van der Waals surface area contributed by atoms with Gasteiger partial charge in [0, 0.05) is 6.61 Å². The Morgan fingerprint density at radius 3 is 2.62 bits per heavy atom. The zero-order valence-electron chi connectivity index (χ0n) is 14.4. The first-order valence-electron chi connectivity index (χ1n) is 8.28. The Balaban J connectivity index is 2.45. The maximum Gasteiger partial charge on any atom is 0.323 e. The molecule has 1 rings (SSSR count). The fraction of sp³-hybridized carbons (Fsp3) is 0.941. The summed E-state index contributed by atoms with van der Waals surface area (Å²) in [4.78, 5) is 11.4. The van der Waals surface area contributed by atoms with E-state index in [-0.39, 0.29) is 6.10 Å². The molecule has 0 amide bonds. The highest BCUT2D eigenvalue weighted by Gasteiger charge is 2.35. The standard InChI is InChI=1S/C17H33NO3/c1-6-8-18-17(5,15(19)20)7-9-21-14-10-13(2)11-16(3,4)12-14/h13-14,18H,6-12H2,1-5H3,(H,19,20).